The van der Waals surface area contributed by atoms with Crippen LogP contribution in [0.25, 0.3) is 0 Å². The average Bonchev–Trinajstić information content (AvgIpc) is 2.98. The summed E-state index contributed by atoms with van der Waals surface area (Å²) < 4.78 is 5.52. The van der Waals surface area contributed by atoms with E-state index in [0.29, 0.717) is 17.9 Å². The van der Waals surface area contributed by atoms with E-state index in [1.54, 1.807) is 0 Å². The number of ether oxygens (including phenoxy) is 1. The fraction of sp³-hybridized carbons (Fsp3) is 0.857. The molecule has 0 saturated carbocycles. The summed E-state index contributed by atoms with van der Waals surface area (Å²) in [6.45, 7) is 5.76. The van der Waals surface area contributed by atoms with Crippen LogP contribution in [0.4, 0.5) is 5.95 Å². The summed E-state index contributed by atoms with van der Waals surface area (Å²) in [6, 6.07) is 0.291. The minimum atomic E-state index is 0.291. The highest BCUT2D eigenvalue weighted by Gasteiger charge is 2.25. The molecule has 2 fully saturated rings. The number of hydrogen-bond acceptors (Lipinski definition) is 5. The van der Waals surface area contributed by atoms with Gasteiger partial charge in [-0.25, -0.2) is 0 Å². The number of hydrogen-bond donors (Lipinski definition) is 2. The fourth-order valence-electron chi connectivity index (χ4n) is 3.17. The van der Waals surface area contributed by atoms with Crippen molar-refractivity contribution in [1.82, 2.24) is 15.2 Å². The van der Waals surface area contributed by atoms with Crippen molar-refractivity contribution in [3.05, 3.63) is 5.82 Å². The molecule has 3 rings (SSSR count). The molecule has 2 unspecified atom stereocenters. The lowest BCUT2D eigenvalue weighted by atomic mass is 9.91. The van der Waals surface area contributed by atoms with Gasteiger partial charge in [0.2, 0.25) is 5.95 Å². The van der Waals surface area contributed by atoms with Crippen LogP contribution in [-0.4, -0.2) is 47.5 Å². The Hall–Kier alpha value is -1.14. The zero-order valence-corrected chi connectivity index (χ0v) is 12.2. The molecule has 6 nitrogen and oxygen atoms in total. The van der Waals surface area contributed by atoms with E-state index >= 15 is 0 Å². The number of rotatable bonds is 3. The Morgan fingerprint density at radius 1 is 1.35 bits per heavy atom. The quantitative estimate of drug-likeness (QED) is 0.870. The van der Waals surface area contributed by atoms with E-state index in [9.17, 15) is 0 Å². The van der Waals surface area contributed by atoms with Crippen LogP contribution in [0.15, 0.2) is 0 Å². The van der Waals surface area contributed by atoms with Gasteiger partial charge in [-0.2, -0.15) is 4.98 Å². The van der Waals surface area contributed by atoms with Gasteiger partial charge in [-0.3, -0.25) is 5.10 Å². The van der Waals surface area contributed by atoms with Gasteiger partial charge in [0.15, 0.2) is 0 Å². The zero-order valence-electron chi connectivity index (χ0n) is 12.2. The number of piperidine rings is 1. The normalized spacial score (nSPS) is 26.7. The van der Waals surface area contributed by atoms with Crippen molar-refractivity contribution < 1.29 is 4.74 Å². The predicted molar refractivity (Wildman–Crippen MR) is 77.8 cm³/mol. The number of nitrogens with zero attached hydrogens (tertiary/aromatic N) is 3. The third-order valence-electron chi connectivity index (χ3n) is 4.60. The van der Waals surface area contributed by atoms with Crippen molar-refractivity contribution in [2.45, 2.75) is 44.6 Å². The monoisotopic (exact) mass is 279 g/mol. The molecule has 2 saturated heterocycles. The first-order valence-electron chi connectivity index (χ1n) is 7.74. The Balaban J connectivity index is 1.60. The second-order valence-corrected chi connectivity index (χ2v) is 6.12. The minimum Gasteiger partial charge on any atom is -0.381 e. The molecule has 0 amide bonds. The first-order chi connectivity index (χ1) is 9.74. The van der Waals surface area contributed by atoms with E-state index in [4.69, 9.17) is 10.5 Å². The molecule has 3 heterocycles. The highest BCUT2D eigenvalue weighted by Crippen LogP contribution is 2.26. The number of anilines is 1. The van der Waals surface area contributed by atoms with Crippen LogP contribution in [0.1, 0.15) is 44.3 Å². The molecule has 2 aliphatic heterocycles. The Bertz CT molecular complexity index is 419. The van der Waals surface area contributed by atoms with Gasteiger partial charge in [0.1, 0.15) is 5.82 Å². The second kappa shape index (κ2) is 6.10. The van der Waals surface area contributed by atoms with Crippen LogP contribution >= 0.6 is 0 Å². The van der Waals surface area contributed by atoms with Gasteiger partial charge in [-0.1, -0.05) is 0 Å². The van der Waals surface area contributed by atoms with Crippen LogP contribution in [0.2, 0.25) is 0 Å². The van der Waals surface area contributed by atoms with Crippen LogP contribution in [0, 0.1) is 5.92 Å². The van der Waals surface area contributed by atoms with Crippen molar-refractivity contribution in [1.29, 1.82) is 0 Å². The predicted octanol–water partition coefficient (Wildman–Crippen LogP) is 1.26. The summed E-state index contributed by atoms with van der Waals surface area (Å²) in [5, 5.41) is 7.49. The topological polar surface area (TPSA) is 80.1 Å². The van der Waals surface area contributed by atoms with Crippen molar-refractivity contribution >= 4 is 5.95 Å². The molecule has 2 aliphatic rings. The fourth-order valence-corrected chi connectivity index (χ4v) is 3.17. The molecule has 0 spiro atoms. The molecule has 3 N–H and O–H groups in total. The van der Waals surface area contributed by atoms with E-state index in [1.807, 2.05) is 0 Å². The van der Waals surface area contributed by atoms with Crippen LogP contribution in [-0.2, 0) is 4.74 Å². The van der Waals surface area contributed by atoms with Gasteiger partial charge in [0, 0.05) is 31.7 Å². The average molecular weight is 279 g/mol. The van der Waals surface area contributed by atoms with Gasteiger partial charge in [-0.15, -0.1) is 5.10 Å². The number of aromatic amines is 1. The van der Waals surface area contributed by atoms with Gasteiger partial charge < -0.3 is 15.4 Å². The largest absolute Gasteiger partial charge is 0.381 e. The maximum Gasteiger partial charge on any atom is 0.244 e. The van der Waals surface area contributed by atoms with Crippen LogP contribution < -0.4 is 10.6 Å². The lowest BCUT2D eigenvalue weighted by Crippen LogP contribution is -2.40. The molecule has 112 valence electrons. The van der Waals surface area contributed by atoms with Crippen LogP contribution in [0.5, 0.6) is 0 Å². The highest BCUT2D eigenvalue weighted by atomic mass is 16.5. The molecule has 1 aromatic heterocycles. The summed E-state index contributed by atoms with van der Waals surface area (Å²) in [5.41, 5.74) is 5.98. The van der Waals surface area contributed by atoms with Crippen molar-refractivity contribution in [2.24, 2.45) is 11.7 Å². The van der Waals surface area contributed by atoms with E-state index < -0.39 is 0 Å². The minimum absolute atomic E-state index is 0.291. The molecule has 20 heavy (non-hydrogen) atoms. The molecule has 1 aromatic rings. The first-order valence-corrected chi connectivity index (χ1v) is 7.74. The molecule has 0 radical (unpaired) electrons. The molecular weight excluding hydrogens is 254 g/mol. The van der Waals surface area contributed by atoms with Crippen LogP contribution in [0.3, 0.4) is 0 Å². The summed E-state index contributed by atoms with van der Waals surface area (Å²) >= 11 is 0. The number of nitrogens with two attached hydrogens (primary N) is 1. The van der Waals surface area contributed by atoms with Gasteiger partial charge in [0.25, 0.3) is 0 Å². The van der Waals surface area contributed by atoms with E-state index in [0.717, 1.165) is 63.8 Å². The number of aromatic nitrogens is 3. The van der Waals surface area contributed by atoms with Gasteiger partial charge in [0.05, 0.1) is 6.61 Å². The molecule has 6 heteroatoms. The summed E-state index contributed by atoms with van der Waals surface area (Å²) in [6.07, 6.45) is 4.52. The maximum atomic E-state index is 5.98. The van der Waals surface area contributed by atoms with Crippen molar-refractivity contribution in [3.63, 3.8) is 0 Å². The van der Waals surface area contributed by atoms with Gasteiger partial charge >= 0.3 is 0 Å². The Kier molecular flexibility index (Phi) is 4.21. The number of nitrogens with one attached hydrogen (secondary N) is 1. The molecule has 0 aliphatic carbocycles. The highest BCUT2D eigenvalue weighted by molar-refractivity contribution is 5.30. The summed E-state index contributed by atoms with van der Waals surface area (Å²) in [4.78, 5) is 6.94. The molecule has 2 atom stereocenters. The molecular formula is C14H25N5O. The smallest absolute Gasteiger partial charge is 0.244 e. The summed E-state index contributed by atoms with van der Waals surface area (Å²) in [7, 11) is 0. The van der Waals surface area contributed by atoms with Crippen molar-refractivity contribution in [3.8, 4) is 0 Å². The van der Waals surface area contributed by atoms with E-state index in [2.05, 4.69) is 27.0 Å². The summed E-state index contributed by atoms with van der Waals surface area (Å²) in [5.74, 6) is 2.84. The molecule has 0 aromatic carbocycles. The Morgan fingerprint density at radius 3 is 2.80 bits per heavy atom. The maximum absolute atomic E-state index is 5.98. The Labute approximate surface area is 120 Å². The van der Waals surface area contributed by atoms with E-state index in [1.165, 1.54) is 0 Å². The lowest BCUT2D eigenvalue weighted by Gasteiger charge is -2.32. The third-order valence-corrected chi connectivity index (χ3v) is 4.60. The third kappa shape index (κ3) is 2.96. The number of H-pyrrole nitrogens is 1. The van der Waals surface area contributed by atoms with E-state index in [-0.39, 0.29) is 0 Å². The molecule has 0 bridgehead atoms. The van der Waals surface area contributed by atoms with Gasteiger partial charge in [-0.05, 0) is 38.5 Å². The van der Waals surface area contributed by atoms with Crippen molar-refractivity contribution in [2.75, 3.05) is 31.2 Å². The Morgan fingerprint density at radius 2 is 2.15 bits per heavy atom. The SMILES string of the molecule is CC(N)C1CCN(c2n[nH]c(C3CCCOC3)n2)CC1. The zero-order chi connectivity index (χ0) is 13.9. The standard InChI is InChI=1S/C14H25N5O/c1-10(15)11-4-6-19(7-5-11)14-16-13(17-18-14)12-3-2-8-20-9-12/h10-12H,2-9,15H2,1H3,(H,16,17,18). The first kappa shape index (κ1) is 13.8. The second-order valence-electron chi connectivity index (χ2n) is 6.12. The lowest BCUT2D eigenvalue weighted by molar-refractivity contribution is 0.0781.